The Morgan fingerprint density at radius 3 is 1.97 bits per heavy atom. The number of halogens is 1. The van der Waals surface area contributed by atoms with E-state index in [2.05, 4.69) is 34.8 Å². The molecule has 0 radical (unpaired) electrons. The van der Waals surface area contributed by atoms with Gasteiger partial charge in [0, 0.05) is 34.3 Å². The Hall–Kier alpha value is -2.97. The number of nitrogens with zero attached hydrogens (tertiary/aromatic N) is 1. The zero-order chi connectivity index (χ0) is 24.4. The first kappa shape index (κ1) is 26.3. The SMILES string of the molecule is CCN(C)CC1CC1COc1ccc(C(=O)c2ccc(Br)cc2)cc1.O=C(O)C=CC(=O)O. The topological polar surface area (TPSA) is 104 Å². The monoisotopic (exact) mass is 517 g/mol. The second-order valence-electron chi connectivity index (χ2n) is 7.79. The molecule has 1 saturated carbocycles. The van der Waals surface area contributed by atoms with E-state index in [1.165, 1.54) is 6.42 Å². The highest BCUT2D eigenvalue weighted by atomic mass is 79.9. The summed E-state index contributed by atoms with van der Waals surface area (Å²) < 4.78 is 6.86. The summed E-state index contributed by atoms with van der Waals surface area (Å²) in [6.07, 6.45) is 2.37. The standard InChI is InChI=1S/C21H24BrNO2.C4H4O4/c1-3-23(2)13-17-12-18(17)14-25-20-10-6-16(7-11-20)21(24)15-4-8-19(22)9-5-15;5-3(6)1-2-4(7)8/h4-11,17-18H,3,12-14H2,1-2H3;1-2H,(H,5,6)(H,7,8). The molecule has 0 aliphatic heterocycles. The van der Waals surface area contributed by atoms with Gasteiger partial charge in [-0.05, 0) is 80.4 Å². The molecule has 2 aromatic carbocycles. The lowest BCUT2D eigenvalue weighted by Gasteiger charge is -2.13. The van der Waals surface area contributed by atoms with Gasteiger partial charge in [0.15, 0.2) is 5.78 Å². The van der Waals surface area contributed by atoms with Crippen LogP contribution in [0.2, 0.25) is 0 Å². The lowest BCUT2D eigenvalue weighted by Crippen LogP contribution is -2.21. The van der Waals surface area contributed by atoms with E-state index in [1.54, 1.807) is 0 Å². The molecule has 1 fully saturated rings. The Kier molecular flexibility index (Phi) is 10.3. The minimum atomic E-state index is -1.26. The number of hydrogen-bond donors (Lipinski definition) is 2. The summed E-state index contributed by atoms with van der Waals surface area (Å²) in [6, 6.07) is 14.9. The van der Waals surface area contributed by atoms with E-state index in [1.807, 2.05) is 48.5 Å². The maximum absolute atomic E-state index is 12.5. The number of carbonyl (C=O) groups is 3. The van der Waals surface area contributed by atoms with Gasteiger partial charge in [-0.25, -0.2) is 9.59 Å². The number of aliphatic carboxylic acids is 2. The first-order chi connectivity index (χ1) is 15.7. The van der Waals surface area contributed by atoms with Gasteiger partial charge in [-0.1, -0.05) is 22.9 Å². The molecule has 1 aliphatic carbocycles. The Bertz CT molecular complexity index is 955. The number of ether oxygens (including phenoxy) is 1. The van der Waals surface area contributed by atoms with Crippen molar-refractivity contribution < 1.29 is 29.3 Å². The zero-order valence-corrected chi connectivity index (χ0v) is 20.2. The smallest absolute Gasteiger partial charge is 0.328 e. The van der Waals surface area contributed by atoms with Crippen molar-refractivity contribution in [1.82, 2.24) is 4.90 Å². The quantitative estimate of drug-likeness (QED) is 0.356. The third-order valence-electron chi connectivity index (χ3n) is 5.21. The molecule has 0 spiro atoms. The van der Waals surface area contributed by atoms with Gasteiger partial charge in [0.25, 0.3) is 0 Å². The van der Waals surface area contributed by atoms with Crippen molar-refractivity contribution in [1.29, 1.82) is 0 Å². The third kappa shape index (κ3) is 9.59. The van der Waals surface area contributed by atoms with Crippen molar-refractivity contribution in [2.75, 3.05) is 26.7 Å². The van der Waals surface area contributed by atoms with Gasteiger partial charge in [0.1, 0.15) is 5.75 Å². The molecule has 0 aromatic heterocycles. The average Bonchev–Trinajstić information content (AvgIpc) is 3.54. The van der Waals surface area contributed by atoms with Crippen molar-refractivity contribution in [2.24, 2.45) is 11.8 Å². The molecule has 0 heterocycles. The fourth-order valence-electron chi connectivity index (χ4n) is 3.08. The molecule has 2 aromatic rings. The summed E-state index contributed by atoms with van der Waals surface area (Å²) in [5.41, 5.74) is 1.38. The first-order valence-corrected chi connectivity index (χ1v) is 11.3. The van der Waals surface area contributed by atoms with E-state index in [4.69, 9.17) is 14.9 Å². The second kappa shape index (κ2) is 12.9. The molecule has 0 bridgehead atoms. The molecule has 0 saturated heterocycles. The van der Waals surface area contributed by atoms with Gasteiger partial charge < -0.3 is 19.8 Å². The van der Waals surface area contributed by atoms with Crippen LogP contribution in [-0.2, 0) is 9.59 Å². The van der Waals surface area contributed by atoms with Crippen LogP contribution in [0.1, 0.15) is 29.3 Å². The maximum Gasteiger partial charge on any atom is 0.328 e. The van der Waals surface area contributed by atoms with E-state index in [-0.39, 0.29) is 5.78 Å². The fraction of sp³-hybridized carbons (Fsp3) is 0.320. The molecule has 2 atom stereocenters. The van der Waals surface area contributed by atoms with Crippen molar-refractivity contribution in [2.45, 2.75) is 13.3 Å². The third-order valence-corrected chi connectivity index (χ3v) is 5.74. The van der Waals surface area contributed by atoms with Crippen molar-refractivity contribution in [3.8, 4) is 5.75 Å². The predicted octanol–water partition coefficient (Wildman–Crippen LogP) is 4.36. The number of carbonyl (C=O) groups excluding carboxylic acids is 1. The van der Waals surface area contributed by atoms with Crippen molar-refractivity contribution in [3.63, 3.8) is 0 Å². The second-order valence-corrected chi connectivity index (χ2v) is 8.71. The van der Waals surface area contributed by atoms with Crippen LogP contribution in [0.3, 0.4) is 0 Å². The average molecular weight is 518 g/mol. The summed E-state index contributed by atoms with van der Waals surface area (Å²) in [7, 11) is 2.16. The molecule has 1 aliphatic rings. The maximum atomic E-state index is 12.5. The van der Waals surface area contributed by atoms with E-state index < -0.39 is 11.9 Å². The highest BCUT2D eigenvalue weighted by Crippen LogP contribution is 2.39. The largest absolute Gasteiger partial charge is 0.493 e. The fourth-order valence-corrected chi connectivity index (χ4v) is 3.35. The normalized spacial score (nSPS) is 16.7. The van der Waals surface area contributed by atoms with Crippen molar-refractivity contribution in [3.05, 3.63) is 76.3 Å². The van der Waals surface area contributed by atoms with Crippen LogP contribution in [0.25, 0.3) is 0 Å². The van der Waals surface area contributed by atoms with Crippen LogP contribution in [0.4, 0.5) is 0 Å². The lowest BCUT2D eigenvalue weighted by molar-refractivity contribution is -0.134. The summed E-state index contributed by atoms with van der Waals surface area (Å²) in [6.45, 7) is 5.20. The van der Waals surface area contributed by atoms with Crippen LogP contribution >= 0.6 is 15.9 Å². The Morgan fingerprint density at radius 1 is 0.970 bits per heavy atom. The molecular weight excluding hydrogens is 490 g/mol. The van der Waals surface area contributed by atoms with Crippen molar-refractivity contribution >= 4 is 33.7 Å². The molecule has 8 heteroatoms. The van der Waals surface area contributed by atoms with Gasteiger partial charge in [-0.15, -0.1) is 0 Å². The minimum absolute atomic E-state index is 0.0314. The zero-order valence-electron chi connectivity index (χ0n) is 18.6. The van der Waals surface area contributed by atoms with E-state index in [0.29, 0.717) is 29.2 Å². The van der Waals surface area contributed by atoms with Gasteiger partial charge in [-0.3, -0.25) is 4.79 Å². The highest BCUT2D eigenvalue weighted by molar-refractivity contribution is 9.10. The molecule has 7 nitrogen and oxygen atoms in total. The molecule has 0 amide bonds. The number of benzene rings is 2. The number of carboxylic acids is 2. The van der Waals surface area contributed by atoms with Crippen LogP contribution in [0, 0.1) is 11.8 Å². The van der Waals surface area contributed by atoms with E-state index >= 15 is 0 Å². The molecule has 2 N–H and O–H groups in total. The summed E-state index contributed by atoms with van der Waals surface area (Å²) in [5.74, 6) is -0.216. The minimum Gasteiger partial charge on any atom is -0.493 e. The van der Waals surface area contributed by atoms with Gasteiger partial charge in [-0.2, -0.15) is 0 Å². The predicted molar refractivity (Wildman–Crippen MR) is 129 cm³/mol. The van der Waals surface area contributed by atoms with Crippen LogP contribution in [0.15, 0.2) is 65.2 Å². The number of carboxylic acid groups (broad SMARTS) is 2. The van der Waals surface area contributed by atoms with Crippen LogP contribution in [0.5, 0.6) is 5.75 Å². The van der Waals surface area contributed by atoms with Gasteiger partial charge >= 0.3 is 11.9 Å². The lowest BCUT2D eigenvalue weighted by atomic mass is 10.0. The summed E-state index contributed by atoms with van der Waals surface area (Å²) in [4.78, 5) is 33.9. The Labute approximate surface area is 201 Å². The number of hydrogen-bond acceptors (Lipinski definition) is 5. The van der Waals surface area contributed by atoms with Gasteiger partial charge in [0.2, 0.25) is 0 Å². The molecular formula is C25H28BrNO6. The number of ketones is 1. The van der Waals surface area contributed by atoms with Crippen LogP contribution in [-0.4, -0.2) is 59.6 Å². The summed E-state index contributed by atoms with van der Waals surface area (Å²) >= 11 is 3.39. The molecule has 3 rings (SSSR count). The Balaban J connectivity index is 0.000000414. The number of rotatable bonds is 10. The van der Waals surface area contributed by atoms with Gasteiger partial charge in [0.05, 0.1) is 6.61 Å². The molecule has 33 heavy (non-hydrogen) atoms. The summed E-state index contributed by atoms with van der Waals surface area (Å²) in [5, 5.41) is 15.6. The highest BCUT2D eigenvalue weighted by Gasteiger charge is 2.37. The first-order valence-electron chi connectivity index (χ1n) is 10.5. The van der Waals surface area contributed by atoms with E-state index in [9.17, 15) is 14.4 Å². The molecule has 2 unspecified atom stereocenters. The van der Waals surface area contributed by atoms with Crippen LogP contribution < -0.4 is 4.74 Å². The van der Waals surface area contributed by atoms with E-state index in [0.717, 1.165) is 35.8 Å². The Morgan fingerprint density at radius 2 is 1.48 bits per heavy atom. The molecule has 176 valence electrons.